The van der Waals surface area contributed by atoms with E-state index in [-0.39, 0.29) is 0 Å². The van der Waals surface area contributed by atoms with Crippen molar-refractivity contribution in [3.05, 3.63) is 45.1 Å². The molecule has 0 atom stereocenters. The summed E-state index contributed by atoms with van der Waals surface area (Å²) in [6.45, 7) is 3.29. The molecule has 2 aromatic heterocycles. The Morgan fingerprint density at radius 3 is 2.65 bits per heavy atom. The standard InChI is InChI=1S/C18H22N4O4/c1-4-8-22-16-14(17(23)20-18(22)24)21(9-10-25-2)15(19-16)12-6-5-7-13(11-12)26-3/h5-7,11H,4,8-10H2,1-3H3,(H,20,23,24). The first kappa shape index (κ1) is 17.9. The summed E-state index contributed by atoms with van der Waals surface area (Å²) in [5.41, 5.74) is 0.655. The molecule has 3 rings (SSSR count). The first-order valence-electron chi connectivity index (χ1n) is 8.47. The Bertz CT molecular complexity index is 1030. The number of aromatic nitrogens is 4. The van der Waals surface area contributed by atoms with Gasteiger partial charge >= 0.3 is 5.69 Å². The zero-order valence-corrected chi connectivity index (χ0v) is 15.1. The van der Waals surface area contributed by atoms with Crippen molar-refractivity contribution in [3.63, 3.8) is 0 Å². The lowest BCUT2D eigenvalue weighted by Gasteiger charge is -2.09. The van der Waals surface area contributed by atoms with Crippen LogP contribution in [0.15, 0.2) is 33.9 Å². The molecule has 0 unspecified atom stereocenters. The number of ether oxygens (including phenoxy) is 2. The van der Waals surface area contributed by atoms with E-state index in [1.807, 2.05) is 31.2 Å². The fraction of sp³-hybridized carbons (Fsp3) is 0.389. The number of nitrogens with zero attached hydrogens (tertiary/aromatic N) is 3. The minimum Gasteiger partial charge on any atom is -0.497 e. The van der Waals surface area contributed by atoms with Crippen LogP contribution in [0.5, 0.6) is 5.75 Å². The molecule has 3 aromatic rings. The van der Waals surface area contributed by atoms with Crippen LogP contribution in [0.1, 0.15) is 13.3 Å². The molecule has 138 valence electrons. The van der Waals surface area contributed by atoms with E-state index in [1.165, 1.54) is 4.57 Å². The number of aromatic amines is 1. The van der Waals surface area contributed by atoms with Gasteiger partial charge in [-0.2, -0.15) is 0 Å². The molecule has 0 radical (unpaired) electrons. The van der Waals surface area contributed by atoms with Gasteiger partial charge in [-0.05, 0) is 18.6 Å². The van der Waals surface area contributed by atoms with Crippen molar-refractivity contribution in [3.8, 4) is 17.1 Å². The van der Waals surface area contributed by atoms with Gasteiger partial charge in [0.15, 0.2) is 11.2 Å². The van der Waals surface area contributed by atoms with Crippen LogP contribution in [0, 0.1) is 0 Å². The molecule has 0 aliphatic carbocycles. The lowest BCUT2D eigenvalue weighted by atomic mass is 10.2. The van der Waals surface area contributed by atoms with Crippen LogP contribution in [0.4, 0.5) is 0 Å². The highest BCUT2D eigenvalue weighted by Crippen LogP contribution is 2.25. The highest BCUT2D eigenvalue weighted by molar-refractivity contribution is 5.77. The molecule has 0 amide bonds. The van der Waals surface area contributed by atoms with Crippen LogP contribution in [-0.2, 0) is 17.8 Å². The number of benzene rings is 1. The first-order chi connectivity index (χ1) is 12.6. The number of nitrogens with one attached hydrogen (secondary N) is 1. The highest BCUT2D eigenvalue weighted by atomic mass is 16.5. The number of aryl methyl sites for hydroxylation is 1. The number of rotatable bonds is 7. The molecule has 0 spiro atoms. The van der Waals surface area contributed by atoms with E-state index < -0.39 is 11.2 Å². The van der Waals surface area contributed by atoms with Gasteiger partial charge in [0.2, 0.25) is 0 Å². The second kappa shape index (κ2) is 7.57. The fourth-order valence-electron chi connectivity index (χ4n) is 2.99. The average Bonchev–Trinajstić information content (AvgIpc) is 3.03. The average molecular weight is 358 g/mol. The van der Waals surface area contributed by atoms with Crippen molar-refractivity contribution in [2.45, 2.75) is 26.4 Å². The third kappa shape index (κ3) is 3.15. The molecular formula is C18H22N4O4. The van der Waals surface area contributed by atoms with Gasteiger partial charge in [0.25, 0.3) is 5.56 Å². The fourth-order valence-corrected chi connectivity index (χ4v) is 2.99. The quantitative estimate of drug-likeness (QED) is 0.693. The van der Waals surface area contributed by atoms with Gasteiger partial charge in [0.05, 0.1) is 13.7 Å². The summed E-state index contributed by atoms with van der Waals surface area (Å²) in [4.78, 5) is 31.8. The predicted molar refractivity (Wildman–Crippen MR) is 98.8 cm³/mol. The van der Waals surface area contributed by atoms with Crippen LogP contribution in [0.3, 0.4) is 0 Å². The maximum absolute atomic E-state index is 12.5. The van der Waals surface area contributed by atoms with Gasteiger partial charge in [0.1, 0.15) is 11.6 Å². The van der Waals surface area contributed by atoms with E-state index >= 15 is 0 Å². The zero-order valence-electron chi connectivity index (χ0n) is 15.1. The van der Waals surface area contributed by atoms with Gasteiger partial charge in [-0.3, -0.25) is 14.3 Å². The maximum Gasteiger partial charge on any atom is 0.330 e. The molecule has 0 saturated heterocycles. The topological polar surface area (TPSA) is 91.1 Å². The van der Waals surface area contributed by atoms with E-state index in [9.17, 15) is 9.59 Å². The van der Waals surface area contributed by atoms with Crippen LogP contribution < -0.4 is 16.0 Å². The van der Waals surface area contributed by atoms with Crippen molar-refractivity contribution < 1.29 is 9.47 Å². The zero-order chi connectivity index (χ0) is 18.7. The van der Waals surface area contributed by atoms with Crippen molar-refractivity contribution in [1.29, 1.82) is 0 Å². The molecule has 0 saturated carbocycles. The van der Waals surface area contributed by atoms with Crippen LogP contribution in [-0.4, -0.2) is 39.9 Å². The number of imidazole rings is 1. The Kier molecular flexibility index (Phi) is 5.22. The number of H-pyrrole nitrogens is 1. The van der Waals surface area contributed by atoms with E-state index in [2.05, 4.69) is 9.97 Å². The molecule has 0 aliphatic rings. The number of hydrogen-bond acceptors (Lipinski definition) is 5. The van der Waals surface area contributed by atoms with Gasteiger partial charge in [-0.1, -0.05) is 19.1 Å². The number of fused-ring (bicyclic) bond motifs is 1. The van der Waals surface area contributed by atoms with Gasteiger partial charge in [-0.25, -0.2) is 9.78 Å². The largest absolute Gasteiger partial charge is 0.497 e. The van der Waals surface area contributed by atoms with Crippen molar-refractivity contribution in [1.82, 2.24) is 19.1 Å². The van der Waals surface area contributed by atoms with Crippen molar-refractivity contribution in [2.75, 3.05) is 20.8 Å². The molecule has 0 aliphatic heterocycles. The van der Waals surface area contributed by atoms with Crippen LogP contribution >= 0.6 is 0 Å². The smallest absolute Gasteiger partial charge is 0.330 e. The van der Waals surface area contributed by atoms with Crippen molar-refractivity contribution >= 4 is 11.2 Å². The minimum atomic E-state index is -0.449. The van der Waals surface area contributed by atoms with E-state index in [1.54, 1.807) is 18.8 Å². The molecule has 26 heavy (non-hydrogen) atoms. The third-order valence-corrected chi connectivity index (χ3v) is 4.18. The molecule has 0 bridgehead atoms. The van der Waals surface area contributed by atoms with E-state index in [0.29, 0.717) is 42.4 Å². The predicted octanol–water partition coefficient (Wildman–Crippen LogP) is 1.62. The molecule has 1 aromatic carbocycles. The number of hydrogen-bond donors (Lipinski definition) is 1. The summed E-state index contributed by atoms with van der Waals surface area (Å²) in [5.74, 6) is 1.28. The van der Waals surface area contributed by atoms with Gasteiger partial charge in [-0.15, -0.1) is 0 Å². The van der Waals surface area contributed by atoms with Crippen molar-refractivity contribution in [2.24, 2.45) is 0 Å². The SMILES string of the molecule is CCCn1c(=O)[nH]c(=O)c2c1nc(-c1cccc(OC)c1)n2CCOC. The third-order valence-electron chi connectivity index (χ3n) is 4.18. The molecule has 1 N–H and O–H groups in total. The van der Waals surface area contributed by atoms with Gasteiger partial charge in [0, 0.05) is 25.8 Å². The summed E-state index contributed by atoms with van der Waals surface area (Å²) in [6, 6.07) is 7.44. The molecular weight excluding hydrogens is 336 g/mol. The number of methoxy groups -OCH3 is 2. The van der Waals surface area contributed by atoms with E-state index in [0.717, 1.165) is 12.0 Å². The Balaban J connectivity index is 2.34. The second-order valence-corrected chi connectivity index (χ2v) is 5.89. The maximum atomic E-state index is 12.5. The Morgan fingerprint density at radius 2 is 1.96 bits per heavy atom. The summed E-state index contributed by atoms with van der Waals surface area (Å²) in [7, 11) is 3.19. The normalized spacial score (nSPS) is 11.2. The first-order valence-corrected chi connectivity index (χ1v) is 8.47. The van der Waals surface area contributed by atoms with E-state index in [4.69, 9.17) is 9.47 Å². The van der Waals surface area contributed by atoms with Gasteiger partial charge < -0.3 is 14.0 Å². The lowest BCUT2D eigenvalue weighted by molar-refractivity contribution is 0.188. The Labute approximate surface area is 150 Å². The summed E-state index contributed by atoms with van der Waals surface area (Å²) in [6.07, 6.45) is 0.750. The molecule has 0 fully saturated rings. The summed E-state index contributed by atoms with van der Waals surface area (Å²) in [5, 5.41) is 0. The molecule has 8 nitrogen and oxygen atoms in total. The Morgan fingerprint density at radius 1 is 1.15 bits per heavy atom. The monoisotopic (exact) mass is 358 g/mol. The van der Waals surface area contributed by atoms with Crippen LogP contribution in [0.2, 0.25) is 0 Å². The highest BCUT2D eigenvalue weighted by Gasteiger charge is 2.19. The summed E-state index contributed by atoms with van der Waals surface area (Å²) < 4.78 is 13.8. The molecule has 2 heterocycles. The van der Waals surface area contributed by atoms with Crippen LogP contribution in [0.25, 0.3) is 22.6 Å². The minimum absolute atomic E-state index is 0.368. The summed E-state index contributed by atoms with van der Waals surface area (Å²) >= 11 is 0. The molecule has 8 heteroatoms. The second-order valence-electron chi connectivity index (χ2n) is 5.89. The lowest BCUT2D eigenvalue weighted by Crippen LogP contribution is -2.31. The Hall–Kier alpha value is -2.87.